The minimum absolute atomic E-state index is 0.227. The molecule has 2 aromatic rings. The Morgan fingerprint density at radius 2 is 1.76 bits per heavy atom. The van der Waals surface area contributed by atoms with Crippen LogP contribution >= 0.6 is 0 Å². The summed E-state index contributed by atoms with van der Waals surface area (Å²) in [5.41, 5.74) is -0.109. The van der Waals surface area contributed by atoms with Gasteiger partial charge in [0.05, 0.1) is 25.0 Å². The van der Waals surface area contributed by atoms with Crippen LogP contribution in [0.2, 0.25) is 0 Å². The van der Waals surface area contributed by atoms with E-state index in [1.807, 2.05) is 18.2 Å². The van der Waals surface area contributed by atoms with Gasteiger partial charge in [-0.1, -0.05) is 24.3 Å². The van der Waals surface area contributed by atoms with Gasteiger partial charge in [-0.3, -0.25) is 5.32 Å². The molecule has 2 rings (SSSR count). The predicted octanol–water partition coefficient (Wildman–Crippen LogP) is 4.37. The maximum atomic E-state index is 12.5. The normalized spacial score (nSPS) is 11.1. The van der Waals surface area contributed by atoms with Crippen molar-refractivity contribution in [3.8, 4) is 5.75 Å². The van der Waals surface area contributed by atoms with E-state index in [9.17, 15) is 9.59 Å². The second kappa shape index (κ2) is 7.42. The molecule has 1 N–H and O–H groups in total. The van der Waals surface area contributed by atoms with E-state index >= 15 is 0 Å². The van der Waals surface area contributed by atoms with Gasteiger partial charge in [0.25, 0.3) is 0 Å². The van der Waals surface area contributed by atoms with Gasteiger partial charge in [-0.2, -0.15) is 0 Å². The molecule has 6 heteroatoms. The third kappa shape index (κ3) is 4.41. The van der Waals surface area contributed by atoms with Crippen molar-refractivity contribution in [1.29, 1.82) is 0 Å². The van der Waals surface area contributed by atoms with Crippen molar-refractivity contribution < 1.29 is 23.8 Å². The smallest absolute Gasteiger partial charge is 0.412 e. The molecule has 0 saturated heterocycles. The fraction of sp³-hybridized carbons (Fsp3) is 0.368. The summed E-state index contributed by atoms with van der Waals surface area (Å²) in [4.78, 5) is 24.7. The molecule has 0 aliphatic rings. The summed E-state index contributed by atoms with van der Waals surface area (Å²) >= 11 is 0. The lowest BCUT2D eigenvalue weighted by Gasteiger charge is -2.21. The maximum Gasteiger partial charge on any atom is 0.412 e. The summed E-state index contributed by atoms with van der Waals surface area (Å²) in [5, 5.41) is 4.01. The van der Waals surface area contributed by atoms with Crippen LogP contribution in [0.15, 0.2) is 30.3 Å². The fourth-order valence-corrected chi connectivity index (χ4v) is 2.45. The molecule has 0 bridgehead atoms. The summed E-state index contributed by atoms with van der Waals surface area (Å²) in [6.07, 6.45) is -0.657. The highest BCUT2D eigenvalue weighted by molar-refractivity contribution is 6.13. The first-order valence-corrected chi connectivity index (χ1v) is 8.03. The SMILES string of the molecule is CCOC(=O)c1c(NC(=O)OC(C)(C)C)cc(OC)c2ccccc12. The standard InChI is InChI=1S/C19H23NO5/c1-6-24-17(21)16-13-10-8-7-9-12(13)15(23-5)11-14(16)20-18(22)25-19(2,3)4/h7-11H,6H2,1-5H3,(H,20,22). The molecule has 0 atom stereocenters. The number of methoxy groups -OCH3 is 1. The number of hydrogen-bond donors (Lipinski definition) is 1. The fourth-order valence-electron chi connectivity index (χ4n) is 2.45. The van der Waals surface area contributed by atoms with Gasteiger partial charge in [0.1, 0.15) is 11.4 Å². The molecule has 6 nitrogen and oxygen atoms in total. The van der Waals surface area contributed by atoms with E-state index in [-0.39, 0.29) is 17.9 Å². The minimum Gasteiger partial charge on any atom is -0.496 e. The molecule has 0 spiro atoms. The zero-order valence-corrected chi connectivity index (χ0v) is 15.1. The summed E-state index contributed by atoms with van der Waals surface area (Å²) in [6, 6.07) is 8.87. The Morgan fingerprint density at radius 1 is 1.12 bits per heavy atom. The Morgan fingerprint density at radius 3 is 2.32 bits per heavy atom. The highest BCUT2D eigenvalue weighted by Gasteiger charge is 2.23. The highest BCUT2D eigenvalue weighted by atomic mass is 16.6. The lowest BCUT2D eigenvalue weighted by molar-refractivity contribution is 0.0530. The van der Waals surface area contributed by atoms with Gasteiger partial charge in [-0.25, -0.2) is 9.59 Å². The number of amides is 1. The zero-order chi connectivity index (χ0) is 18.6. The average Bonchev–Trinajstić information content (AvgIpc) is 2.52. The molecule has 0 radical (unpaired) electrons. The first-order chi connectivity index (χ1) is 11.8. The van der Waals surface area contributed by atoms with Crippen molar-refractivity contribution >= 4 is 28.5 Å². The lowest BCUT2D eigenvalue weighted by Crippen LogP contribution is -2.28. The van der Waals surface area contributed by atoms with E-state index in [1.165, 1.54) is 7.11 Å². The molecule has 0 unspecified atom stereocenters. The molecule has 0 aliphatic heterocycles. The van der Waals surface area contributed by atoms with Crippen LogP contribution in [0.25, 0.3) is 10.8 Å². The van der Waals surface area contributed by atoms with Crippen LogP contribution in [-0.4, -0.2) is 31.4 Å². The van der Waals surface area contributed by atoms with Crippen LogP contribution in [0.5, 0.6) is 5.75 Å². The summed E-state index contributed by atoms with van der Waals surface area (Å²) in [7, 11) is 1.53. The number of hydrogen-bond acceptors (Lipinski definition) is 5. The Balaban J connectivity index is 2.58. The molecule has 0 aromatic heterocycles. The van der Waals surface area contributed by atoms with Crippen LogP contribution in [-0.2, 0) is 9.47 Å². The van der Waals surface area contributed by atoms with E-state index < -0.39 is 17.7 Å². The first kappa shape index (κ1) is 18.6. The molecular weight excluding hydrogens is 322 g/mol. The van der Waals surface area contributed by atoms with Crippen molar-refractivity contribution in [2.24, 2.45) is 0 Å². The second-order valence-corrected chi connectivity index (χ2v) is 6.39. The van der Waals surface area contributed by atoms with Crippen molar-refractivity contribution in [1.82, 2.24) is 0 Å². The number of rotatable bonds is 4. The van der Waals surface area contributed by atoms with Gasteiger partial charge in [-0.05, 0) is 27.7 Å². The van der Waals surface area contributed by atoms with Crippen LogP contribution in [0.3, 0.4) is 0 Å². The third-order valence-corrected chi connectivity index (χ3v) is 3.34. The molecule has 0 aliphatic carbocycles. The topological polar surface area (TPSA) is 73.9 Å². The second-order valence-electron chi connectivity index (χ2n) is 6.39. The number of carbonyl (C=O) groups is 2. The molecule has 1 amide bonds. The quantitative estimate of drug-likeness (QED) is 0.833. The van der Waals surface area contributed by atoms with Crippen LogP contribution in [0.4, 0.5) is 10.5 Å². The molecule has 134 valence electrons. The summed E-state index contributed by atoms with van der Waals surface area (Å²) in [6.45, 7) is 7.25. The van der Waals surface area contributed by atoms with Crippen molar-refractivity contribution in [3.05, 3.63) is 35.9 Å². The maximum absolute atomic E-state index is 12.5. The van der Waals surface area contributed by atoms with E-state index in [0.29, 0.717) is 11.1 Å². The molecule has 2 aromatic carbocycles. The molecule has 0 heterocycles. The van der Waals surface area contributed by atoms with E-state index in [0.717, 1.165) is 5.39 Å². The van der Waals surface area contributed by atoms with E-state index in [4.69, 9.17) is 14.2 Å². The third-order valence-electron chi connectivity index (χ3n) is 3.34. The van der Waals surface area contributed by atoms with Gasteiger partial charge in [-0.15, -0.1) is 0 Å². The van der Waals surface area contributed by atoms with E-state index in [1.54, 1.807) is 39.8 Å². The molecule has 0 fully saturated rings. The number of esters is 1. The van der Waals surface area contributed by atoms with Gasteiger partial charge in [0.2, 0.25) is 0 Å². The predicted molar refractivity (Wildman–Crippen MR) is 96.3 cm³/mol. The van der Waals surface area contributed by atoms with Crippen molar-refractivity contribution in [3.63, 3.8) is 0 Å². The zero-order valence-electron chi connectivity index (χ0n) is 15.1. The lowest BCUT2D eigenvalue weighted by atomic mass is 10.0. The minimum atomic E-state index is -0.658. The Labute approximate surface area is 147 Å². The number of fused-ring (bicyclic) bond motifs is 1. The largest absolute Gasteiger partial charge is 0.496 e. The van der Waals surface area contributed by atoms with Crippen molar-refractivity contribution in [2.75, 3.05) is 19.0 Å². The number of nitrogens with one attached hydrogen (secondary N) is 1. The Kier molecular flexibility index (Phi) is 5.51. The molecule has 25 heavy (non-hydrogen) atoms. The average molecular weight is 345 g/mol. The summed E-state index contributed by atoms with van der Waals surface area (Å²) < 4.78 is 15.8. The van der Waals surface area contributed by atoms with Crippen LogP contribution < -0.4 is 10.1 Å². The number of ether oxygens (including phenoxy) is 3. The molecular formula is C19H23NO5. The number of carbonyl (C=O) groups excluding carboxylic acids is 2. The highest BCUT2D eigenvalue weighted by Crippen LogP contribution is 2.35. The van der Waals surface area contributed by atoms with Crippen LogP contribution in [0.1, 0.15) is 38.1 Å². The Hall–Kier alpha value is -2.76. The van der Waals surface area contributed by atoms with Gasteiger partial charge >= 0.3 is 12.1 Å². The van der Waals surface area contributed by atoms with Crippen LogP contribution in [0, 0.1) is 0 Å². The molecule has 0 saturated carbocycles. The van der Waals surface area contributed by atoms with Gasteiger partial charge in [0, 0.05) is 16.8 Å². The monoisotopic (exact) mass is 345 g/mol. The van der Waals surface area contributed by atoms with Crippen molar-refractivity contribution in [2.45, 2.75) is 33.3 Å². The Bertz CT molecular complexity index is 792. The van der Waals surface area contributed by atoms with Gasteiger partial charge in [0.15, 0.2) is 0 Å². The first-order valence-electron chi connectivity index (χ1n) is 8.03. The number of benzene rings is 2. The van der Waals surface area contributed by atoms with Gasteiger partial charge < -0.3 is 14.2 Å². The van der Waals surface area contributed by atoms with E-state index in [2.05, 4.69) is 5.32 Å². The summed E-state index contributed by atoms with van der Waals surface area (Å²) in [5.74, 6) is 0.0159. The number of anilines is 1.